The van der Waals surface area contributed by atoms with Gasteiger partial charge >= 0.3 is 6.16 Å². The Morgan fingerprint density at radius 2 is 1.76 bits per heavy atom. The van der Waals surface area contributed by atoms with E-state index in [0.717, 1.165) is 88.3 Å². The minimum absolute atomic E-state index is 0.0746. The molecule has 0 unspecified atom stereocenters. The lowest BCUT2D eigenvalue weighted by Gasteiger charge is -2.56. The number of Topliss-reactive ketones (excluding diaryl/α,β-unsaturated/α-hetero) is 1. The summed E-state index contributed by atoms with van der Waals surface area (Å²) < 4.78 is 12.3. The van der Waals surface area contributed by atoms with Crippen LogP contribution in [0.15, 0.2) is 11.6 Å². The van der Waals surface area contributed by atoms with E-state index in [2.05, 4.69) is 40.7 Å². The van der Waals surface area contributed by atoms with Crippen LogP contribution in [0.5, 0.6) is 0 Å². The zero-order valence-corrected chi connectivity index (χ0v) is 22.4. The molecule has 4 aliphatic rings. The van der Waals surface area contributed by atoms with Gasteiger partial charge in [0.25, 0.3) is 0 Å². The van der Waals surface area contributed by atoms with Crippen LogP contribution in [-0.2, 0) is 14.3 Å². The molecule has 0 heterocycles. The first kappa shape index (κ1) is 25.7. The molecular formula is C29H48NO4+. The molecule has 0 aromatic carbocycles. The molecule has 3 saturated carbocycles. The van der Waals surface area contributed by atoms with E-state index in [1.54, 1.807) is 0 Å². The predicted octanol–water partition coefficient (Wildman–Crippen LogP) is 6.65. The summed E-state index contributed by atoms with van der Waals surface area (Å²) in [6.45, 7) is 14.6. The lowest BCUT2D eigenvalue weighted by molar-refractivity contribution is -0.940. The summed E-state index contributed by atoms with van der Waals surface area (Å²) in [5.41, 5.74) is 1.60. The Hall–Kier alpha value is -1.36. The number of rotatable bonds is 8. The number of unbranched alkanes of at least 4 members (excludes halogenated alkanes) is 1. The zero-order valence-electron chi connectivity index (χ0n) is 22.4. The normalized spacial score (nSPS) is 37.3. The van der Waals surface area contributed by atoms with Gasteiger partial charge in [-0.3, -0.25) is 9.28 Å². The van der Waals surface area contributed by atoms with Crippen LogP contribution in [0, 0.1) is 28.6 Å². The highest BCUT2D eigenvalue weighted by atomic mass is 16.7. The zero-order chi connectivity index (χ0) is 24.6. The molecule has 0 aliphatic heterocycles. The van der Waals surface area contributed by atoms with Crippen LogP contribution in [0.2, 0.25) is 0 Å². The third-order valence-electron chi connectivity index (χ3n) is 10.8. The van der Waals surface area contributed by atoms with Gasteiger partial charge in [-0.2, -0.15) is 0 Å². The van der Waals surface area contributed by atoms with Crippen LogP contribution in [0.25, 0.3) is 0 Å². The van der Waals surface area contributed by atoms with Crippen molar-refractivity contribution in [3.63, 3.8) is 0 Å². The minimum atomic E-state index is -0.498. The maximum Gasteiger partial charge on any atom is 0.512 e. The summed E-state index contributed by atoms with van der Waals surface area (Å²) in [5.74, 6) is 2.36. The molecule has 192 valence electrons. The molecule has 6 atom stereocenters. The topological polar surface area (TPSA) is 52.6 Å². The van der Waals surface area contributed by atoms with Crippen molar-refractivity contribution in [3.05, 3.63) is 11.6 Å². The lowest BCUT2D eigenvalue weighted by atomic mass is 9.48. The molecule has 0 aromatic heterocycles. The van der Waals surface area contributed by atoms with Gasteiger partial charge in [-0.05, 0) is 82.0 Å². The molecule has 0 amide bonds. The standard InChI is InChI=1S/C29H48NO4/c1-6-9-18-30(7-2,8-3)20-33-27(32)34-22-14-16-28(4)21(19-22)10-11-23-24-12-13-26(31)29(24,5)17-15-25(23)28/h10,22-25H,6-9,11-20H2,1-5H3/q+1/t22-,23-,24-,25-,28-,29-/m0/s1. The number of nitrogens with zero attached hydrogens (tertiary/aromatic N) is 1. The molecule has 4 aliphatic carbocycles. The first-order valence-electron chi connectivity index (χ1n) is 14.1. The van der Waals surface area contributed by atoms with Gasteiger partial charge in [0, 0.05) is 18.3 Å². The van der Waals surface area contributed by atoms with Gasteiger partial charge in [0.1, 0.15) is 11.9 Å². The molecule has 0 spiro atoms. The monoisotopic (exact) mass is 474 g/mol. The predicted molar refractivity (Wildman–Crippen MR) is 134 cm³/mol. The van der Waals surface area contributed by atoms with Crippen LogP contribution in [0.3, 0.4) is 0 Å². The molecule has 0 radical (unpaired) electrons. The Balaban J connectivity index is 1.36. The van der Waals surface area contributed by atoms with Crippen LogP contribution >= 0.6 is 0 Å². The Morgan fingerprint density at radius 1 is 1.06 bits per heavy atom. The Bertz CT molecular complexity index is 802. The van der Waals surface area contributed by atoms with E-state index >= 15 is 0 Å². The smallest absolute Gasteiger partial charge is 0.431 e. The van der Waals surface area contributed by atoms with E-state index in [4.69, 9.17) is 9.47 Å². The molecule has 0 saturated heterocycles. The van der Waals surface area contributed by atoms with Crippen LogP contribution in [-0.4, -0.2) is 48.9 Å². The van der Waals surface area contributed by atoms with Crippen molar-refractivity contribution in [3.8, 4) is 0 Å². The van der Waals surface area contributed by atoms with Gasteiger partial charge in [0.15, 0.2) is 0 Å². The molecule has 5 heteroatoms. The van der Waals surface area contributed by atoms with Crippen LogP contribution in [0.4, 0.5) is 4.79 Å². The molecule has 34 heavy (non-hydrogen) atoms. The number of allylic oxidation sites excluding steroid dienone is 1. The number of quaternary nitrogens is 1. The third-order valence-corrected chi connectivity index (χ3v) is 10.8. The number of ether oxygens (including phenoxy) is 2. The summed E-state index contributed by atoms with van der Waals surface area (Å²) >= 11 is 0. The summed E-state index contributed by atoms with van der Waals surface area (Å²) in [6, 6.07) is 0. The van der Waals surface area contributed by atoms with Crippen molar-refractivity contribution in [2.45, 2.75) is 105 Å². The Morgan fingerprint density at radius 3 is 2.47 bits per heavy atom. The van der Waals surface area contributed by atoms with Gasteiger partial charge in [0.05, 0.1) is 19.6 Å². The summed E-state index contributed by atoms with van der Waals surface area (Å²) in [4.78, 5) is 25.3. The number of ketones is 1. The van der Waals surface area contributed by atoms with Crippen molar-refractivity contribution in [2.75, 3.05) is 26.4 Å². The molecule has 5 nitrogen and oxygen atoms in total. The SMILES string of the molecule is CCCC[N+](CC)(CC)COC(=O)O[C@H]1CC[C@@]2(C)C(=CC[C@@H]3[C@@H]2CC[C@]2(C)C(=O)CC[C@@H]32)C1. The first-order valence-corrected chi connectivity index (χ1v) is 14.1. The fraction of sp³-hybridized carbons (Fsp3) is 0.862. The third kappa shape index (κ3) is 4.47. The van der Waals surface area contributed by atoms with Crippen molar-refractivity contribution in [1.82, 2.24) is 0 Å². The molecule has 0 N–H and O–H groups in total. The fourth-order valence-electron chi connectivity index (χ4n) is 8.14. The lowest BCUT2D eigenvalue weighted by Crippen LogP contribution is -2.51. The summed E-state index contributed by atoms with van der Waals surface area (Å²) in [5, 5.41) is 0. The number of carbonyl (C=O) groups excluding carboxylic acids is 2. The maximum atomic E-state index is 12.6. The maximum absolute atomic E-state index is 12.6. The molecule has 4 rings (SSSR count). The number of hydrogen-bond donors (Lipinski definition) is 0. The van der Waals surface area contributed by atoms with E-state index in [1.165, 1.54) is 5.57 Å². The Kier molecular flexibility index (Phi) is 7.53. The second-order valence-corrected chi connectivity index (χ2v) is 12.2. The molecular weight excluding hydrogens is 426 g/mol. The van der Waals surface area contributed by atoms with E-state index in [9.17, 15) is 9.59 Å². The van der Waals surface area contributed by atoms with Gasteiger partial charge in [-0.15, -0.1) is 0 Å². The van der Waals surface area contributed by atoms with E-state index in [-0.39, 0.29) is 16.9 Å². The quantitative estimate of drug-likeness (QED) is 0.171. The highest BCUT2D eigenvalue weighted by Crippen LogP contribution is 2.64. The second kappa shape index (κ2) is 9.95. The van der Waals surface area contributed by atoms with Gasteiger partial charge in [-0.25, -0.2) is 4.79 Å². The Labute approximate surface area is 207 Å². The summed E-state index contributed by atoms with van der Waals surface area (Å²) in [6.07, 6.45) is 12.2. The highest BCUT2D eigenvalue weighted by Gasteiger charge is 2.58. The molecule has 3 fully saturated rings. The number of hydrogen-bond acceptors (Lipinski definition) is 4. The highest BCUT2D eigenvalue weighted by molar-refractivity contribution is 5.87. The van der Waals surface area contributed by atoms with Gasteiger partial charge < -0.3 is 9.47 Å². The average Bonchev–Trinajstić information content (AvgIpc) is 3.14. The fourth-order valence-corrected chi connectivity index (χ4v) is 8.14. The summed E-state index contributed by atoms with van der Waals surface area (Å²) in [7, 11) is 0. The van der Waals surface area contributed by atoms with Crippen molar-refractivity contribution in [1.29, 1.82) is 0 Å². The van der Waals surface area contributed by atoms with E-state index in [1.807, 2.05) is 0 Å². The molecule has 0 bridgehead atoms. The van der Waals surface area contributed by atoms with E-state index < -0.39 is 6.16 Å². The number of fused-ring (bicyclic) bond motifs is 5. The average molecular weight is 475 g/mol. The largest absolute Gasteiger partial charge is 0.512 e. The van der Waals surface area contributed by atoms with Crippen molar-refractivity contribution >= 4 is 11.9 Å². The molecule has 0 aromatic rings. The van der Waals surface area contributed by atoms with Gasteiger partial charge in [-0.1, -0.05) is 38.8 Å². The minimum Gasteiger partial charge on any atom is -0.431 e. The van der Waals surface area contributed by atoms with Crippen LogP contribution in [0.1, 0.15) is 98.8 Å². The first-order chi connectivity index (χ1) is 16.2. The van der Waals surface area contributed by atoms with Crippen molar-refractivity contribution < 1.29 is 23.5 Å². The van der Waals surface area contributed by atoms with Crippen LogP contribution < -0.4 is 0 Å². The second-order valence-electron chi connectivity index (χ2n) is 12.2. The van der Waals surface area contributed by atoms with Crippen molar-refractivity contribution in [2.24, 2.45) is 28.6 Å². The number of carbonyl (C=O) groups is 2. The van der Waals surface area contributed by atoms with E-state index in [0.29, 0.717) is 30.3 Å². The van der Waals surface area contributed by atoms with Gasteiger partial charge in [0.2, 0.25) is 6.73 Å².